The van der Waals surface area contributed by atoms with Gasteiger partial charge in [0.1, 0.15) is 12.2 Å². The first-order valence-electron chi connectivity index (χ1n) is 6.59. The van der Waals surface area contributed by atoms with Crippen molar-refractivity contribution in [3.8, 4) is 0 Å². The maximum Gasteiger partial charge on any atom is 0.138 e. The van der Waals surface area contributed by atoms with Gasteiger partial charge in [0.25, 0.3) is 0 Å². The van der Waals surface area contributed by atoms with Gasteiger partial charge in [0.05, 0.1) is 6.10 Å². The van der Waals surface area contributed by atoms with Crippen LogP contribution in [0, 0.1) is 11.8 Å². The van der Waals surface area contributed by atoms with Gasteiger partial charge in [-0.05, 0) is 18.3 Å². The van der Waals surface area contributed by atoms with Crippen molar-refractivity contribution in [1.82, 2.24) is 14.8 Å². The fourth-order valence-corrected chi connectivity index (χ4v) is 1.98. The van der Waals surface area contributed by atoms with Crippen molar-refractivity contribution >= 4 is 0 Å². The SMILES string of the molecule is CCCC(C)C(O)Cc1ncnn1CC(C)C. The van der Waals surface area contributed by atoms with Gasteiger partial charge >= 0.3 is 0 Å². The average Bonchev–Trinajstić information content (AvgIpc) is 2.65. The molecule has 2 atom stereocenters. The average molecular weight is 239 g/mol. The van der Waals surface area contributed by atoms with Crippen LogP contribution in [0.1, 0.15) is 46.4 Å². The first-order chi connectivity index (χ1) is 8.04. The number of rotatable bonds is 7. The molecule has 1 heterocycles. The summed E-state index contributed by atoms with van der Waals surface area (Å²) in [5.41, 5.74) is 0. The summed E-state index contributed by atoms with van der Waals surface area (Å²) in [6, 6.07) is 0. The molecule has 0 aliphatic rings. The molecule has 2 unspecified atom stereocenters. The Morgan fingerprint density at radius 1 is 1.35 bits per heavy atom. The lowest BCUT2D eigenvalue weighted by Gasteiger charge is -2.18. The third kappa shape index (κ3) is 4.46. The summed E-state index contributed by atoms with van der Waals surface area (Å²) in [6.45, 7) is 9.41. The van der Waals surface area contributed by atoms with Crippen molar-refractivity contribution in [2.45, 2.75) is 59.6 Å². The first kappa shape index (κ1) is 14.2. The Hall–Kier alpha value is -0.900. The van der Waals surface area contributed by atoms with Crippen LogP contribution in [-0.2, 0) is 13.0 Å². The molecular weight excluding hydrogens is 214 g/mol. The van der Waals surface area contributed by atoms with Crippen molar-refractivity contribution in [1.29, 1.82) is 0 Å². The number of aliphatic hydroxyl groups is 1. The Labute approximate surface area is 104 Å². The molecule has 4 heteroatoms. The molecule has 17 heavy (non-hydrogen) atoms. The second-order valence-corrected chi connectivity index (χ2v) is 5.29. The molecule has 1 aromatic rings. The van der Waals surface area contributed by atoms with Gasteiger partial charge in [-0.25, -0.2) is 9.67 Å². The van der Waals surface area contributed by atoms with Gasteiger partial charge in [-0.1, -0.05) is 34.1 Å². The van der Waals surface area contributed by atoms with Crippen LogP contribution in [-0.4, -0.2) is 26.0 Å². The number of aliphatic hydroxyl groups excluding tert-OH is 1. The normalized spacial score (nSPS) is 15.2. The first-order valence-corrected chi connectivity index (χ1v) is 6.59. The van der Waals surface area contributed by atoms with E-state index in [2.05, 4.69) is 37.8 Å². The van der Waals surface area contributed by atoms with Crippen molar-refractivity contribution < 1.29 is 5.11 Å². The number of hydrogen-bond donors (Lipinski definition) is 1. The van der Waals surface area contributed by atoms with Crippen molar-refractivity contribution in [2.24, 2.45) is 11.8 Å². The Morgan fingerprint density at radius 2 is 2.06 bits per heavy atom. The zero-order valence-corrected chi connectivity index (χ0v) is 11.4. The highest BCUT2D eigenvalue weighted by Gasteiger charge is 2.17. The molecule has 98 valence electrons. The van der Waals surface area contributed by atoms with Gasteiger partial charge in [-0.2, -0.15) is 5.10 Å². The van der Waals surface area contributed by atoms with Crippen molar-refractivity contribution in [3.05, 3.63) is 12.2 Å². The molecule has 1 rings (SSSR count). The molecule has 0 saturated carbocycles. The Bertz CT molecular complexity index is 322. The summed E-state index contributed by atoms with van der Waals surface area (Å²) in [6.07, 6.45) is 4.03. The predicted octanol–water partition coefficient (Wildman–Crippen LogP) is 2.27. The second kappa shape index (κ2) is 6.74. The van der Waals surface area contributed by atoms with E-state index < -0.39 is 0 Å². The molecule has 0 saturated heterocycles. The highest BCUT2D eigenvalue weighted by atomic mass is 16.3. The van der Waals surface area contributed by atoms with E-state index in [0.29, 0.717) is 18.3 Å². The van der Waals surface area contributed by atoms with Gasteiger partial charge < -0.3 is 5.11 Å². The number of hydrogen-bond acceptors (Lipinski definition) is 3. The Morgan fingerprint density at radius 3 is 2.65 bits per heavy atom. The summed E-state index contributed by atoms with van der Waals surface area (Å²) < 4.78 is 1.91. The van der Waals surface area contributed by atoms with Crippen LogP contribution in [0.5, 0.6) is 0 Å². The van der Waals surface area contributed by atoms with Crippen LogP contribution >= 0.6 is 0 Å². The molecule has 1 N–H and O–H groups in total. The smallest absolute Gasteiger partial charge is 0.138 e. The molecule has 0 aliphatic carbocycles. The molecule has 0 spiro atoms. The Kier molecular flexibility index (Phi) is 5.62. The molecule has 0 aliphatic heterocycles. The molecular formula is C13H25N3O. The summed E-state index contributed by atoms with van der Waals surface area (Å²) in [4.78, 5) is 4.24. The largest absolute Gasteiger partial charge is 0.392 e. The van der Waals surface area contributed by atoms with E-state index in [1.165, 1.54) is 0 Å². The van der Waals surface area contributed by atoms with Gasteiger partial charge in [0.2, 0.25) is 0 Å². The third-order valence-corrected chi connectivity index (χ3v) is 3.03. The van der Waals surface area contributed by atoms with E-state index in [-0.39, 0.29) is 6.10 Å². The van der Waals surface area contributed by atoms with E-state index >= 15 is 0 Å². The highest BCUT2D eigenvalue weighted by Crippen LogP contribution is 2.14. The van der Waals surface area contributed by atoms with E-state index in [1.807, 2.05) is 4.68 Å². The van der Waals surface area contributed by atoms with Crippen LogP contribution in [0.25, 0.3) is 0 Å². The summed E-state index contributed by atoms with van der Waals surface area (Å²) in [7, 11) is 0. The summed E-state index contributed by atoms with van der Waals surface area (Å²) >= 11 is 0. The van der Waals surface area contributed by atoms with E-state index in [4.69, 9.17) is 0 Å². The van der Waals surface area contributed by atoms with Crippen LogP contribution in [0.3, 0.4) is 0 Å². The number of nitrogens with zero attached hydrogens (tertiary/aromatic N) is 3. The highest BCUT2D eigenvalue weighted by molar-refractivity contribution is 4.89. The maximum absolute atomic E-state index is 10.1. The lowest BCUT2D eigenvalue weighted by atomic mass is 9.97. The zero-order chi connectivity index (χ0) is 12.8. The van der Waals surface area contributed by atoms with Gasteiger partial charge in [-0.3, -0.25) is 0 Å². The minimum atomic E-state index is -0.315. The van der Waals surface area contributed by atoms with Crippen LogP contribution < -0.4 is 0 Å². The van der Waals surface area contributed by atoms with Gasteiger partial charge in [0, 0.05) is 13.0 Å². The lowest BCUT2D eigenvalue weighted by Crippen LogP contribution is -2.23. The van der Waals surface area contributed by atoms with Gasteiger partial charge in [0.15, 0.2) is 0 Å². The molecule has 0 fully saturated rings. The number of aromatic nitrogens is 3. The van der Waals surface area contributed by atoms with E-state index in [0.717, 1.165) is 25.2 Å². The van der Waals surface area contributed by atoms with E-state index in [1.54, 1.807) is 6.33 Å². The topological polar surface area (TPSA) is 50.9 Å². The van der Waals surface area contributed by atoms with Crippen molar-refractivity contribution in [3.63, 3.8) is 0 Å². The van der Waals surface area contributed by atoms with Crippen molar-refractivity contribution in [2.75, 3.05) is 0 Å². The maximum atomic E-state index is 10.1. The fourth-order valence-electron chi connectivity index (χ4n) is 1.98. The Balaban J connectivity index is 2.58. The predicted molar refractivity (Wildman–Crippen MR) is 68.6 cm³/mol. The zero-order valence-electron chi connectivity index (χ0n) is 11.4. The monoisotopic (exact) mass is 239 g/mol. The second-order valence-electron chi connectivity index (χ2n) is 5.29. The fraction of sp³-hybridized carbons (Fsp3) is 0.846. The summed E-state index contributed by atoms with van der Waals surface area (Å²) in [5.74, 6) is 1.76. The molecule has 0 bridgehead atoms. The lowest BCUT2D eigenvalue weighted by molar-refractivity contribution is 0.108. The molecule has 1 aromatic heterocycles. The standard InChI is InChI=1S/C13H25N3O/c1-5-6-11(4)12(17)7-13-14-9-15-16(13)8-10(2)3/h9-12,17H,5-8H2,1-4H3. The third-order valence-electron chi connectivity index (χ3n) is 3.03. The van der Waals surface area contributed by atoms with Crippen LogP contribution in [0.15, 0.2) is 6.33 Å². The summed E-state index contributed by atoms with van der Waals surface area (Å²) in [5, 5.41) is 14.3. The molecule has 0 radical (unpaired) electrons. The minimum Gasteiger partial charge on any atom is -0.392 e. The quantitative estimate of drug-likeness (QED) is 0.794. The molecule has 0 aromatic carbocycles. The molecule has 0 amide bonds. The van der Waals surface area contributed by atoms with Gasteiger partial charge in [-0.15, -0.1) is 0 Å². The van der Waals surface area contributed by atoms with Crippen LogP contribution in [0.4, 0.5) is 0 Å². The van der Waals surface area contributed by atoms with Crippen LogP contribution in [0.2, 0.25) is 0 Å². The molecule has 4 nitrogen and oxygen atoms in total. The van der Waals surface area contributed by atoms with E-state index in [9.17, 15) is 5.11 Å². The minimum absolute atomic E-state index is 0.315.